The number of amides is 1. The molecule has 0 aliphatic carbocycles. The van der Waals surface area contributed by atoms with E-state index in [1.54, 1.807) is 13.0 Å². The first-order chi connectivity index (χ1) is 15.6. The van der Waals surface area contributed by atoms with Crippen LogP contribution >= 0.6 is 0 Å². The minimum atomic E-state index is -0.188. The van der Waals surface area contributed by atoms with Crippen molar-refractivity contribution in [2.45, 2.75) is 26.8 Å². The standard InChI is InChI=1S/C25H25N5O2/c1-18-8-10-21(11-9-18)25-22(17-30(28-25)16-20-6-4-3-5-7-20)12-13-23(31)26-15-14-24-27-19(2)29-32-24/h3-13,17H,14-16H2,1-2H3,(H,26,31)/b13-12+. The molecule has 32 heavy (non-hydrogen) atoms. The number of nitrogens with zero attached hydrogens (tertiary/aromatic N) is 4. The Labute approximate surface area is 186 Å². The van der Waals surface area contributed by atoms with Crippen LogP contribution in [0.3, 0.4) is 0 Å². The highest BCUT2D eigenvalue weighted by Crippen LogP contribution is 2.24. The average molecular weight is 428 g/mol. The summed E-state index contributed by atoms with van der Waals surface area (Å²) in [7, 11) is 0. The molecule has 2 aromatic heterocycles. The smallest absolute Gasteiger partial charge is 0.244 e. The number of hydrogen-bond donors (Lipinski definition) is 1. The van der Waals surface area contributed by atoms with E-state index < -0.39 is 0 Å². The van der Waals surface area contributed by atoms with Gasteiger partial charge in [0.05, 0.1) is 12.2 Å². The van der Waals surface area contributed by atoms with Crippen LogP contribution in [0.25, 0.3) is 17.3 Å². The van der Waals surface area contributed by atoms with Gasteiger partial charge in [-0.3, -0.25) is 9.48 Å². The van der Waals surface area contributed by atoms with Crippen LogP contribution in [0.15, 0.2) is 71.4 Å². The van der Waals surface area contributed by atoms with Gasteiger partial charge in [-0.15, -0.1) is 0 Å². The predicted octanol–water partition coefficient (Wildman–Crippen LogP) is 3.97. The Kier molecular flexibility index (Phi) is 6.55. The minimum absolute atomic E-state index is 0.188. The summed E-state index contributed by atoms with van der Waals surface area (Å²) in [6.45, 7) is 4.89. The lowest BCUT2D eigenvalue weighted by molar-refractivity contribution is -0.116. The molecule has 0 atom stereocenters. The average Bonchev–Trinajstić information content (AvgIpc) is 3.39. The van der Waals surface area contributed by atoms with E-state index in [1.165, 1.54) is 11.6 Å². The zero-order valence-electron chi connectivity index (χ0n) is 18.2. The fourth-order valence-electron chi connectivity index (χ4n) is 3.30. The van der Waals surface area contributed by atoms with Crippen molar-refractivity contribution in [1.29, 1.82) is 0 Å². The number of hydrogen-bond acceptors (Lipinski definition) is 5. The molecule has 0 fully saturated rings. The van der Waals surface area contributed by atoms with Gasteiger partial charge in [0.15, 0.2) is 5.82 Å². The van der Waals surface area contributed by atoms with E-state index in [4.69, 9.17) is 9.62 Å². The van der Waals surface area contributed by atoms with Gasteiger partial charge in [0.25, 0.3) is 0 Å². The van der Waals surface area contributed by atoms with Crippen molar-refractivity contribution in [1.82, 2.24) is 25.2 Å². The molecule has 0 radical (unpaired) electrons. The summed E-state index contributed by atoms with van der Waals surface area (Å²) in [5.41, 5.74) is 5.08. The van der Waals surface area contributed by atoms with Gasteiger partial charge in [0, 0.05) is 36.4 Å². The number of aromatic nitrogens is 4. The molecule has 0 bridgehead atoms. The van der Waals surface area contributed by atoms with Gasteiger partial charge in [0.1, 0.15) is 0 Å². The lowest BCUT2D eigenvalue weighted by Gasteiger charge is -2.02. The summed E-state index contributed by atoms with van der Waals surface area (Å²) < 4.78 is 6.96. The van der Waals surface area contributed by atoms with Crippen molar-refractivity contribution in [2.24, 2.45) is 0 Å². The van der Waals surface area contributed by atoms with Crippen molar-refractivity contribution in [3.63, 3.8) is 0 Å². The number of benzene rings is 2. The number of nitrogens with one attached hydrogen (secondary N) is 1. The first-order valence-electron chi connectivity index (χ1n) is 10.5. The van der Waals surface area contributed by atoms with E-state index in [0.717, 1.165) is 22.4 Å². The van der Waals surface area contributed by atoms with Gasteiger partial charge in [0.2, 0.25) is 11.8 Å². The Morgan fingerprint density at radius 3 is 2.59 bits per heavy atom. The third-order valence-corrected chi connectivity index (χ3v) is 4.92. The van der Waals surface area contributed by atoms with Crippen molar-refractivity contribution in [3.8, 4) is 11.3 Å². The summed E-state index contributed by atoms with van der Waals surface area (Å²) in [4.78, 5) is 16.4. The molecule has 0 unspecified atom stereocenters. The van der Waals surface area contributed by atoms with Crippen LogP contribution in [0.1, 0.15) is 28.4 Å². The van der Waals surface area contributed by atoms with Crippen molar-refractivity contribution in [3.05, 3.63) is 95.3 Å². The predicted molar refractivity (Wildman–Crippen MR) is 123 cm³/mol. The van der Waals surface area contributed by atoms with Gasteiger partial charge in [-0.05, 0) is 25.5 Å². The highest BCUT2D eigenvalue weighted by Gasteiger charge is 2.10. The van der Waals surface area contributed by atoms with Gasteiger partial charge in [-0.1, -0.05) is 65.3 Å². The molecule has 0 aliphatic heterocycles. The second kappa shape index (κ2) is 9.87. The molecule has 1 N–H and O–H groups in total. The highest BCUT2D eigenvalue weighted by atomic mass is 16.5. The topological polar surface area (TPSA) is 85.8 Å². The molecule has 1 amide bonds. The number of rotatable bonds is 8. The summed E-state index contributed by atoms with van der Waals surface area (Å²) >= 11 is 0. The molecule has 4 aromatic rings. The minimum Gasteiger partial charge on any atom is -0.352 e. The number of carbonyl (C=O) groups excluding carboxylic acids is 1. The Bertz CT molecular complexity index is 1210. The molecule has 0 saturated carbocycles. The molecular formula is C25H25N5O2. The van der Waals surface area contributed by atoms with E-state index in [-0.39, 0.29) is 5.91 Å². The Morgan fingerprint density at radius 1 is 1.09 bits per heavy atom. The Morgan fingerprint density at radius 2 is 1.88 bits per heavy atom. The molecule has 162 valence electrons. The maximum Gasteiger partial charge on any atom is 0.244 e. The summed E-state index contributed by atoms with van der Waals surface area (Å²) in [5, 5.41) is 11.4. The molecule has 2 heterocycles. The van der Waals surface area contributed by atoms with Crippen LogP contribution in [0.2, 0.25) is 0 Å². The zero-order valence-corrected chi connectivity index (χ0v) is 18.2. The first-order valence-corrected chi connectivity index (χ1v) is 10.5. The van der Waals surface area contributed by atoms with Gasteiger partial charge >= 0.3 is 0 Å². The number of aryl methyl sites for hydroxylation is 2. The van der Waals surface area contributed by atoms with E-state index >= 15 is 0 Å². The van der Waals surface area contributed by atoms with Gasteiger partial charge in [-0.25, -0.2) is 0 Å². The van der Waals surface area contributed by atoms with E-state index in [9.17, 15) is 4.79 Å². The van der Waals surface area contributed by atoms with Crippen molar-refractivity contribution >= 4 is 12.0 Å². The van der Waals surface area contributed by atoms with Crippen LogP contribution in [0.5, 0.6) is 0 Å². The molecule has 0 spiro atoms. The fraction of sp³-hybridized carbons (Fsp3) is 0.200. The van der Waals surface area contributed by atoms with Gasteiger partial charge in [-0.2, -0.15) is 10.1 Å². The van der Waals surface area contributed by atoms with E-state index in [0.29, 0.717) is 31.2 Å². The monoisotopic (exact) mass is 427 g/mol. The lowest BCUT2D eigenvalue weighted by Crippen LogP contribution is -2.23. The molecule has 0 aliphatic rings. The zero-order chi connectivity index (χ0) is 22.3. The van der Waals surface area contributed by atoms with Gasteiger partial charge < -0.3 is 9.84 Å². The quantitative estimate of drug-likeness (QED) is 0.430. The maximum absolute atomic E-state index is 12.3. The first kappa shape index (κ1) is 21.2. The molecule has 0 saturated heterocycles. The van der Waals surface area contributed by atoms with Crippen LogP contribution in [-0.2, 0) is 17.8 Å². The summed E-state index contributed by atoms with van der Waals surface area (Å²) in [6.07, 6.45) is 5.79. The molecule has 2 aromatic carbocycles. The number of carbonyl (C=O) groups is 1. The Hall–Kier alpha value is -4.00. The normalized spacial score (nSPS) is 11.2. The third-order valence-electron chi connectivity index (χ3n) is 4.92. The summed E-state index contributed by atoms with van der Waals surface area (Å²) in [5.74, 6) is 0.907. The van der Waals surface area contributed by atoms with Crippen molar-refractivity contribution < 1.29 is 9.32 Å². The SMILES string of the molecule is Cc1ccc(-c2nn(Cc3ccccc3)cc2/C=C/C(=O)NCCc2nc(C)no2)cc1. The molecule has 4 rings (SSSR count). The molecule has 7 nitrogen and oxygen atoms in total. The van der Waals surface area contributed by atoms with Crippen LogP contribution < -0.4 is 5.32 Å². The van der Waals surface area contributed by atoms with E-state index in [1.807, 2.05) is 41.2 Å². The highest BCUT2D eigenvalue weighted by molar-refractivity contribution is 5.92. The molecular weight excluding hydrogens is 402 g/mol. The van der Waals surface area contributed by atoms with Crippen LogP contribution in [0.4, 0.5) is 0 Å². The third kappa shape index (κ3) is 5.57. The lowest BCUT2D eigenvalue weighted by atomic mass is 10.1. The van der Waals surface area contributed by atoms with Crippen molar-refractivity contribution in [2.75, 3.05) is 6.54 Å². The molecule has 7 heteroatoms. The van der Waals surface area contributed by atoms with E-state index in [2.05, 4.69) is 46.6 Å². The fourth-order valence-corrected chi connectivity index (χ4v) is 3.30. The largest absolute Gasteiger partial charge is 0.352 e. The van der Waals surface area contributed by atoms with Crippen LogP contribution in [0, 0.1) is 13.8 Å². The Balaban J connectivity index is 1.48. The maximum atomic E-state index is 12.3. The second-order valence-corrected chi connectivity index (χ2v) is 7.59. The summed E-state index contributed by atoms with van der Waals surface area (Å²) in [6, 6.07) is 18.4. The second-order valence-electron chi connectivity index (χ2n) is 7.59. The van der Waals surface area contributed by atoms with Crippen LogP contribution in [-0.4, -0.2) is 32.4 Å².